The third kappa shape index (κ3) is 10.6. The molecule has 4 atom stereocenters. The average Bonchev–Trinajstić information content (AvgIpc) is 1.58. The molecule has 4 aliphatic rings. The number of nitrogens with zero attached hydrogens (tertiary/aromatic N) is 11. The fourth-order valence-electron chi connectivity index (χ4n) is 16.9. The summed E-state index contributed by atoms with van der Waals surface area (Å²) in [7, 11) is 0. The van der Waals surface area contributed by atoms with E-state index in [0.717, 1.165) is 167 Å². The predicted molar refractivity (Wildman–Crippen MR) is 441 cm³/mol. The molecular formula is C91H89N11O4. The number of rotatable bonds is 7. The van der Waals surface area contributed by atoms with E-state index in [2.05, 4.69) is 161 Å². The number of pyridine rings is 3. The summed E-state index contributed by atoms with van der Waals surface area (Å²) in [4.78, 5) is 30.5. The molecule has 0 aliphatic carbocycles. The van der Waals surface area contributed by atoms with Crippen molar-refractivity contribution in [1.29, 1.82) is 0 Å². The maximum Gasteiger partial charge on any atom is 0.159 e. The van der Waals surface area contributed by atoms with Gasteiger partial charge in [0.1, 0.15) is 47.0 Å². The molecule has 11 heterocycles. The molecule has 532 valence electrons. The van der Waals surface area contributed by atoms with Crippen LogP contribution >= 0.6 is 0 Å². The van der Waals surface area contributed by atoms with Crippen molar-refractivity contribution in [2.45, 2.75) is 140 Å². The fraction of sp³-hybridized carbons (Fsp3) is 0.242. The highest BCUT2D eigenvalue weighted by atomic mass is 16.3. The molecule has 106 heavy (non-hydrogen) atoms. The van der Waals surface area contributed by atoms with E-state index in [4.69, 9.17) is 35.9 Å². The zero-order valence-electron chi connectivity index (χ0n) is 68.2. The van der Waals surface area contributed by atoms with Crippen LogP contribution in [0.2, 0.25) is 0 Å². The van der Waals surface area contributed by atoms with Gasteiger partial charge in [-0.1, -0.05) is 133 Å². The van der Waals surface area contributed by atoms with Crippen LogP contribution in [0.3, 0.4) is 0 Å². The number of aromatic nitrogens is 3. The highest BCUT2D eigenvalue weighted by Crippen LogP contribution is 2.53. The monoisotopic (exact) mass is 1410 g/mol. The summed E-state index contributed by atoms with van der Waals surface area (Å²) in [6, 6.07) is 67.0. The lowest BCUT2D eigenvalue weighted by atomic mass is 10.1. The molecule has 16 aromatic rings. The van der Waals surface area contributed by atoms with Crippen LogP contribution in [0.15, 0.2) is 243 Å². The number of hydrogen-bond donors (Lipinski definition) is 0. The van der Waals surface area contributed by atoms with E-state index in [-0.39, 0.29) is 18.5 Å². The minimum atomic E-state index is -2.28. The number of furan rings is 4. The first-order valence-electron chi connectivity index (χ1n) is 39.4. The Morgan fingerprint density at radius 1 is 0.302 bits per heavy atom. The number of para-hydroxylation sites is 6. The van der Waals surface area contributed by atoms with Crippen LogP contribution in [0.1, 0.15) is 99.7 Å². The summed E-state index contributed by atoms with van der Waals surface area (Å²) in [5.74, 6) is 2.36. The van der Waals surface area contributed by atoms with Crippen LogP contribution in [0.5, 0.6) is 0 Å². The number of fused-ring (bicyclic) bond motifs is 16. The topological polar surface area (TPSA) is 117 Å². The molecule has 0 saturated carbocycles. The maximum absolute atomic E-state index is 8.72. The van der Waals surface area contributed by atoms with Gasteiger partial charge in [-0.3, -0.25) is 0 Å². The van der Waals surface area contributed by atoms with Crippen molar-refractivity contribution in [3.63, 3.8) is 0 Å². The standard InChI is InChI=1S/C24H24N2O.2C23H23N3O.C21H19N3O/c1-15(2)25-17(4)26(21-11-7-6-10-20(21)25)23-16(3)13-14-19-18-9-5-8-12-22(18)27-24(19)23;2*1-14(2)25-16(4)26(23-19(25)9-7-13-24-23)21-15(3)11-12-18-17-8-5-6-10-20(17)27-22(18)21;1-13-10-11-16-15-7-4-5-9-18(15)25-20(16)19(13)24-14(2)23(3)17-8-6-12-22-21(17)24/h5-15,17H,1-4H3;2*5-14,16H,1-4H3;4-12,14H,1-3H3/t17-;2*16-;14-/m0000/s1/i15D;2*14D;3D3. The summed E-state index contributed by atoms with van der Waals surface area (Å²) in [6.45, 7) is 25.9. The molecule has 15 heteroatoms. The molecule has 0 spiro atoms. The summed E-state index contributed by atoms with van der Waals surface area (Å²) in [5, 5.41) is 8.75. The van der Waals surface area contributed by atoms with Crippen molar-refractivity contribution in [1.82, 2.24) is 15.0 Å². The molecule has 9 aromatic carbocycles. The van der Waals surface area contributed by atoms with Crippen molar-refractivity contribution in [3.05, 3.63) is 247 Å². The summed E-state index contributed by atoms with van der Waals surface area (Å²) >= 11 is 0. The van der Waals surface area contributed by atoms with E-state index in [1.807, 2.05) is 182 Å². The van der Waals surface area contributed by atoms with Crippen LogP contribution in [-0.4, -0.2) is 64.6 Å². The minimum Gasteiger partial charge on any atom is -0.454 e. The van der Waals surface area contributed by atoms with Gasteiger partial charge in [-0.15, -0.1) is 0 Å². The van der Waals surface area contributed by atoms with E-state index in [1.165, 1.54) is 4.90 Å². The molecule has 0 saturated heterocycles. The molecule has 4 aliphatic heterocycles. The van der Waals surface area contributed by atoms with E-state index in [0.29, 0.717) is 11.5 Å². The van der Waals surface area contributed by atoms with E-state index >= 15 is 0 Å². The minimum absolute atomic E-state index is 0.00223. The van der Waals surface area contributed by atoms with Gasteiger partial charge in [0.05, 0.1) is 55.3 Å². The molecule has 0 bridgehead atoms. The summed E-state index contributed by atoms with van der Waals surface area (Å²) < 4.78 is 75.4. The highest BCUT2D eigenvalue weighted by Gasteiger charge is 2.42. The predicted octanol–water partition coefficient (Wildman–Crippen LogP) is 23.8. The second kappa shape index (κ2) is 26.3. The van der Waals surface area contributed by atoms with Gasteiger partial charge in [0.15, 0.2) is 39.8 Å². The van der Waals surface area contributed by atoms with Crippen LogP contribution in [0, 0.1) is 27.7 Å². The molecule has 20 rings (SSSR count). The Hall–Kier alpha value is -12.0. The van der Waals surface area contributed by atoms with Crippen LogP contribution in [0.25, 0.3) is 87.8 Å². The smallest absolute Gasteiger partial charge is 0.159 e. The van der Waals surface area contributed by atoms with Gasteiger partial charge in [0.2, 0.25) is 0 Å². The second-order valence-electron chi connectivity index (χ2n) is 28.7. The quantitative estimate of drug-likeness (QED) is 0.151. The normalized spacial score (nSPS) is 18.0. The van der Waals surface area contributed by atoms with Gasteiger partial charge in [0, 0.05) is 90.8 Å². The van der Waals surface area contributed by atoms with Crippen LogP contribution < -0.4 is 39.2 Å². The van der Waals surface area contributed by atoms with Crippen molar-refractivity contribution in [3.8, 4) is 0 Å². The summed E-state index contributed by atoms with van der Waals surface area (Å²) in [5.41, 5.74) is 20.0. The van der Waals surface area contributed by atoms with Gasteiger partial charge in [0.25, 0.3) is 0 Å². The number of anilines is 12. The maximum atomic E-state index is 8.72. The molecule has 7 aromatic heterocycles. The molecule has 0 amide bonds. The molecule has 0 fully saturated rings. The molecule has 15 nitrogen and oxygen atoms in total. The number of hydrogen-bond acceptors (Lipinski definition) is 15. The van der Waals surface area contributed by atoms with E-state index in [1.54, 1.807) is 18.3 Å². The number of benzene rings is 9. The Kier molecular flexibility index (Phi) is 15.0. The first-order valence-corrected chi connectivity index (χ1v) is 36.4. The van der Waals surface area contributed by atoms with E-state index in [9.17, 15) is 0 Å². The lowest BCUT2D eigenvalue weighted by Crippen LogP contribution is -2.42. The Morgan fingerprint density at radius 2 is 0.575 bits per heavy atom. The molecule has 0 unspecified atom stereocenters. The van der Waals surface area contributed by atoms with Gasteiger partial charge >= 0.3 is 0 Å². The Balaban J connectivity index is 0.000000108. The Bertz CT molecular complexity index is 5600. The zero-order chi connectivity index (χ0) is 78.5. The van der Waals surface area contributed by atoms with E-state index < -0.39 is 31.2 Å². The summed E-state index contributed by atoms with van der Waals surface area (Å²) in [6.07, 6.45) is 4.76. The lowest BCUT2D eigenvalue weighted by Gasteiger charge is -2.33. The largest absolute Gasteiger partial charge is 0.454 e. The number of aryl methyl sites for hydroxylation is 4. The average molecular weight is 1410 g/mol. The van der Waals surface area contributed by atoms with Crippen molar-refractivity contribution in [2.75, 3.05) is 46.2 Å². The zero-order valence-corrected chi connectivity index (χ0v) is 62.2. The Labute approximate surface area is 627 Å². The van der Waals surface area contributed by atoms with Crippen molar-refractivity contribution in [2.24, 2.45) is 0 Å². The molecule has 0 N–H and O–H groups in total. The van der Waals surface area contributed by atoms with Crippen molar-refractivity contribution < 1.29 is 25.9 Å². The Morgan fingerprint density at radius 3 is 0.925 bits per heavy atom. The third-order valence-corrected chi connectivity index (χ3v) is 21.5. The fourth-order valence-corrected chi connectivity index (χ4v) is 16.9. The molecular weight excluding hydrogens is 1310 g/mol. The van der Waals surface area contributed by atoms with Gasteiger partial charge < -0.3 is 56.9 Å². The van der Waals surface area contributed by atoms with Gasteiger partial charge in [-0.2, -0.15) is 0 Å². The van der Waals surface area contributed by atoms with Crippen LogP contribution in [0.4, 0.5) is 68.6 Å². The second-order valence-corrected chi connectivity index (χ2v) is 28.7. The van der Waals surface area contributed by atoms with Gasteiger partial charge in [-0.25, -0.2) is 15.0 Å². The van der Waals surface area contributed by atoms with Crippen molar-refractivity contribution >= 4 is 156 Å². The SMILES string of the molecule is [2H]C(C)(C)N1c2ccccc2N(c2c(C)ccc3c2oc2ccccc23)[C@H]1C.[2H]C(C)(C)N1c2cccnc2N(c2c(C)ccc3c2oc2ccccc23)[C@H]1C.[2H]C(C)(C)N1c2cccnc2N(c2c(C)ccc3c2oc2ccccc23)[C@H]1C.[2H]C([2H])([2H])N1c2cccnc2N(c2c(C)ccc3c2oc2ccccc23)[C@H]1C. The molecule has 0 radical (unpaired) electrons. The first-order chi connectivity index (χ1) is 53.5. The van der Waals surface area contributed by atoms with Crippen LogP contribution in [-0.2, 0) is 0 Å². The highest BCUT2D eigenvalue weighted by molar-refractivity contribution is 6.14. The first kappa shape index (κ1) is 60.4. The van der Waals surface area contributed by atoms with Gasteiger partial charge in [-0.05, 0) is 192 Å². The lowest BCUT2D eigenvalue weighted by molar-refractivity contribution is 0.602. The third-order valence-electron chi connectivity index (χ3n) is 21.5.